The molecule has 100 valence electrons. The Labute approximate surface area is 126 Å². The summed E-state index contributed by atoms with van der Waals surface area (Å²) in [6.07, 6.45) is 0. The van der Waals surface area contributed by atoms with E-state index in [2.05, 4.69) is 22.0 Å². The number of methoxy groups -OCH3 is 1. The molecule has 0 aromatic heterocycles. The normalized spacial score (nSPS) is 12.3. The molecule has 0 saturated carbocycles. The van der Waals surface area contributed by atoms with Gasteiger partial charge in [-0.1, -0.05) is 39.7 Å². The number of aryl methyl sites for hydroxylation is 1. The molecule has 0 spiro atoms. The zero-order chi connectivity index (χ0) is 14.0. The molecule has 1 unspecified atom stereocenters. The van der Waals surface area contributed by atoms with Gasteiger partial charge in [-0.2, -0.15) is 0 Å². The lowest BCUT2D eigenvalue weighted by Crippen LogP contribution is -2.13. The summed E-state index contributed by atoms with van der Waals surface area (Å²) < 4.78 is 6.28. The van der Waals surface area contributed by atoms with Gasteiger partial charge in [0.15, 0.2) is 0 Å². The summed E-state index contributed by atoms with van der Waals surface area (Å²) in [6, 6.07) is 11.5. The first kappa shape index (κ1) is 14.4. The van der Waals surface area contributed by atoms with E-state index in [0.717, 1.165) is 21.2 Å². The Balaban J connectivity index is 2.40. The van der Waals surface area contributed by atoms with Gasteiger partial charge in [0.25, 0.3) is 0 Å². The predicted octanol–water partition coefficient (Wildman–Crippen LogP) is 4.47. The van der Waals surface area contributed by atoms with Crippen LogP contribution >= 0.6 is 27.5 Å². The highest BCUT2D eigenvalue weighted by Gasteiger charge is 2.13. The first-order valence-corrected chi connectivity index (χ1v) is 7.05. The van der Waals surface area contributed by atoms with E-state index in [0.29, 0.717) is 10.8 Å². The first-order valence-electron chi connectivity index (χ1n) is 5.88. The summed E-state index contributed by atoms with van der Waals surface area (Å²) in [5.41, 5.74) is 9.54. The lowest BCUT2D eigenvalue weighted by atomic mass is 9.96. The summed E-state index contributed by atoms with van der Waals surface area (Å²) in [7, 11) is 1.60. The maximum atomic E-state index is 6.33. The van der Waals surface area contributed by atoms with Crippen LogP contribution in [0.15, 0.2) is 40.9 Å². The molecule has 0 saturated heterocycles. The highest BCUT2D eigenvalue weighted by molar-refractivity contribution is 9.10. The van der Waals surface area contributed by atoms with E-state index in [1.165, 1.54) is 0 Å². The van der Waals surface area contributed by atoms with Crippen molar-refractivity contribution in [2.75, 3.05) is 7.11 Å². The Bertz CT molecular complexity index is 601. The Morgan fingerprint density at radius 3 is 2.58 bits per heavy atom. The topological polar surface area (TPSA) is 35.2 Å². The van der Waals surface area contributed by atoms with E-state index in [-0.39, 0.29) is 6.04 Å². The number of halogens is 2. The summed E-state index contributed by atoms with van der Waals surface area (Å²) >= 11 is 9.48. The number of hydrogen-bond acceptors (Lipinski definition) is 2. The van der Waals surface area contributed by atoms with Crippen LogP contribution in [0.2, 0.25) is 5.02 Å². The summed E-state index contributed by atoms with van der Waals surface area (Å²) in [6.45, 7) is 2.05. The van der Waals surface area contributed by atoms with E-state index >= 15 is 0 Å². The minimum Gasteiger partial charge on any atom is -0.495 e. The fourth-order valence-electron chi connectivity index (χ4n) is 2.04. The van der Waals surface area contributed by atoms with Crippen molar-refractivity contribution in [2.24, 2.45) is 5.73 Å². The number of rotatable bonds is 3. The average molecular weight is 341 g/mol. The third-order valence-corrected chi connectivity index (χ3v) is 3.91. The van der Waals surface area contributed by atoms with Crippen molar-refractivity contribution in [2.45, 2.75) is 13.0 Å². The minimum atomic E-state index is -0.195. The number of benzene rings is 2. The second-order valence-electron chi connectivity index (χ2n) is 4.37. The molecule has 0 heterocycles. The van der Waals surface area contributed by atoms with Gasteiger partial charge in [-0.3, -0.25) is 0 Å². The van der Waals surface area contributed by atoms with Crippen LogP contribution < -0.4 is 10.5 Å². The van der Waals surface area contributed by atoms with Gasteiger partial charge in [-0.25, -0.2) is 0 Å². The molecule has 0 aliphatic carbocycles. The second-order valence-corrected chi connectivity index (χ2v) is 5.70. The fraction of sp³-hybridized carbons (Fsp3) is 0.200. The van der Waals surface area contributed by atoms with Crippen LogP contribution in [0.25, 0.3) is 0 Å². The van der Waals surface area contributed by atoms with Gasteiger partial charge in [0, 0.05) is 4.47 Å². The molecular formula is C15H15BrClNO. The van der Waals surface area contributed by atoms with Crippen LogP contribution in [-0.4, -0.2) is 7.11 Å². The van der Waals surface area contributed by atoms with Gasteiger partial charge in [-0.15, -0.1) is 0 Å². The second kappa shape index (κ2) is 5.95. The van der Waals surface area contributed by atoms with Crippen LogP contribution in [0.3, 0.4) is 0 Å². The van der Waals surface area contributed by atoms with Crippen LogP contribution in [-0.2, 0) is 0 Å². The molecule has 1 atom stereocenters. The minimum absolute atomic E-state index is 0.195. The van der Waals surface area contributed by atoms with Crippen molar-refractivity contribution in [3.8, 4) is 5.75 Å². The van der Waals surface area contributed by atoms with Gasteiger partial charge in [0.05, 0.1) is 18.2 Å². The van der Waals surface area contributed by atoms with Crippen molar-refractivity contribution in [1.82, 2.24) is 0 Å². The van der Waals surface area contributed by atoms with Gasteiger partial charge >= 0.3 is 0 Å². The van der Waals surface area contributed by atoms with Crippen LogP contribution in [0, 0.1) is 6.92 Å². The highest BCUT2D eigenvalue weighted by Crippen LogP contribution is 2.31. The molecule has 2 rings (SSSR count). The molecule has 0 radical (unpaired) electrons. The number of ether oxygens (including phenoxy) is 1. The van der Waals surface area contributed by atoms with E-state index in [9.17, 15) is 0 Å². The van der Waals surface area contributed by atoms with Gasteiger partial charge < -0.3 is 10.5 Å². The van der Waals surface area contributed by atoms with Crippen molar-refractivity contribution in [3.05, 3.63) is 62.6 Å². The largest absolute Gasteiger partial charge is 0.495 e. The van der Waals surface area contributed by atoms with Crippen molar-refractivity contribution in [3.63, 3.8) is 0 Å². The SMILES string of the molecule is COc1cc(C(N)c2ccc(Br)cc2C)ccc1Cl. The maximum absolute atomic E-state index is 6.33. The van der Waals surface area contributed by atoms with E-state index < -0.39 is 0 Å². The average Bonchev–Trinajstić information content (AvgIpc) is 2.38. The smallest absolute Gasteiger partial charge is 0.137 e. The molecule has 0 amide bonds. The summed E-state index contributed by atoms with van der Waals surface area (Å²) in [4.78, 5) is 0. The van der Waals surface area contributed by atoms with Gasteiger partial charge in [0.1, 0.15) is 5.75 Å². The van der Waals surface area contributed by atoms with Crippen molar-refractivity contribution < 1.29 is 4.74 Å². The Morgan fingerprint density at radius 2 is 1.95 bits per heavy atom. The van der Waals surface area contributed by atoms with Crippen LogP contribution in [0.1, 0.15) is 22.7 Å². The summed E-state index contributed by atoms with van der Waals surface area (Å²) in [5.74, 6) is 0.643. The van der Waals surface area contributed by atoms with Crippen LogP contribution in [0.4, 0.5) is 0 Å². The Morgan fingerprint density at radius 1 is 1.21 bits per heavy atom. The van der Waals surface area contributed by atoms with Gasteiger partial charge in [-0.05, 0) is 47.9 Å². The van der Waals surface area contributed by atoms with Crippen LogP contribution in [0.5, 0.6) is 5.75 Å². The van der Waals surface area contributed by atoms with Crippen molar-refractivity contribution in [1.29, 1.82) is 0 Å². The number of nitrogens with two attached hydrogens (primary N) is 1. The molecule has 2 aromatic carbocycles. The highest BCUT2D eigenvalue weighted by atomic mass is 79.9. The lowest BCUT2D eigenvalue weighted by Gasteiger charge is -2.16. The molecule has 0 aliphatic heterocycles. The molecule has 19 heavy (non-hydrogen) atoms. The standard InChI is InChI=1S/C15H15BrClNO/c1-9-7-11(16)4-5-12(9)15(18)10-3-6-13(17)14(8-10)19-2/h3-8,15H,18H2,1-2H3. The molecular weight excluding hydrogens is 326 g/mol. The molecule has 0 bridgehead atoms. The fourth-order valence-corrected chi connectivity index (χ4v) is 2.71. The Hall–Kier alpha value is -1.03. The quantitative estimate of drug-likeness (QED) is 0.895. The van der Waals surface area contributed by atoms with E-state index in [4.69, 9.17) is 22.1 Å². The first-order chi connectivity index (χ1) is 9.02. The molecule has 0 fully saturated rings. The Kier molecular flexibility index (Phi) is 4.50. The number of hydrogen-bond donors (Lipinski definition) is 1. The molecule has 2 nitrogen and oxygen atoms in total. The predicted molar refractivity (Wildman–Crippen MR) is 82.9 cm³/mol. The van der Waals surface area contributed by atoms with Gasteiger partial charge in [0.2, 0.25) is 0 Å². The third-order valence-electron chi connectivity index (χ3n) is 3.10. The summed E-state index contributed by atoms with van der Waals surface area (Å²) in [5, 5.41) is 0.589. The zero-order valence-electron chi connectivity index (χ0n) is 10.8. The monoisotopic (exact) mass is 339 g/mol. The molecule has 4 heteroatoms. The van der Waals surface area contributed by atoms with E-state index in [1.54, 1.807) is 7.11 Å². The van der Waals surface area contributed by atoms with Crippen molar-refractivity contribution >= 4 is 27.5 Å². The maximum Gasteiger partial charge on any atom is 0.137 e. The third kappa shape index (κ3) is 3.11. The zero-order valence-corrected chi connectivity index (χ0v) is 13.1. The molecule has 0 aliphatic rings. The molecule has 2 aromatic rings. The lowest BCUT2D eigenvalue weighted by molar-refractivity contribution is 0.414. The molecule has 2 N–H and O–H groups in total. The van der Waals surface area contributed by atoms with E-state index in [1.807, 2.05) is 37.3 Å².